The molecule has 0 aliphatic carbocycles. The average molecular weight is 315 g/mol. The van der Waals surface area contributed by atoms with Gasteiger partial charge >= 0.3 is 0 Å². The van der Waals surface area contributed by atoms with Gasteiger partial charge in [0, 0.05) is 11.3 Å². The Hall–Kier alpha value is 0.780. The van der Waals surface area contributed by atoms with E-state index in [1.165, 1.54) is 0 Å². The van der Waals surface area contributed by atoms with Crippen molar-refractivity contribution in [2.75, 3.05) is 6.54 Å². The molecule has 0 aromatic rings. The van der Waals surface area contributed by atoms with Gasteiger partial charge in [0.2, 0.25) is 0 Å². The Morgan fingerprint density at radius 2 is 2.17 bits per heavy atom. The van der Waals surface area contributed by atoms with Crippen LogP contribution in [0.1, 0.15) is 13.8 Å². The molecule has 5 heteroatoms. The van der Waals surface area contributed by atoms with Gasteiger partial charge in [0.1, 0.15) is 5.37 Å². The molecule has 0 radical (unpaired) electrons. The summed E-state index contributed by atoms with van der Waals surface area (Å²) in [5.74, 6) is 0.158. The maximum Gasteiger partial charge on any atom is 0.254 e. The Bertz CT molecular complexity index is 254. The summed E-state index contributed by atoms with van der Waals surface area (Å²) >= 11 is 8.63. The van der Waals surface area contributed by atoms with Gasteiger partial charge in [0.15, 0.2) is 3.23 Å². The highest BCUT2D eigenvalue weighted by atomic mass is 79.9. The Morgan fingerprint density at radius 3 is 2.67 bits per heavy atom. The lowest BCUT2D eigenvalue weighted by Gasteiger charge is -2.44. The minimum Gasteiger partial charge on any atom is -0.324 e. The lowest BCUT2D eigenvalue weighted by molar-refractivity contribution is -0.140. The molecule has 0 spiro atoms. The van der Waals surface area contributed by atoms with Crippen molar-refractivity contribution >= 4 is 49.5 Å². The van der Waals surface area contributed by atoms with E-state index < -0.39 is 3.23 Å². The normalized spacial score (nSPS) is 36.2. The number of alkyl halides is 2. The maximum absolute atomic E-state index is 11.5. The summed E-state index contributed by atoms with van der Waals surface area (Å²) in [6.07, 6.45) is 0. The third-order valence-corrected chi connectivity index (χ3v) is 5.87. The van der Waals surface area contributed by atoms with Crippen LogP contribution in [0.3, 0.4) is 0 Å². The second-order valence-electron chi connectivity index (χ2n) is 3.79. The topological polar surface area (TPSA) is 20.3 Å². The van der Waals surface area contributed by atoms with Crippen LogP contribution in [0.2, 0.25) is 0 Å². The first-order valence-corrected chi connectivity index (χ1v) is 6.18. The van der Waals surface area contributed by atoms with Crippen molar-refractivity contribution in [1.82, 2.24) is 4.90 Å². The number of carbonyl (C=O) groups is 1. The fourth-order valence-electron chi connectivity index (χ4n) is 1.58. The van der Waals surface area contributed by atoms with E-state index in [0.29, 0.717) is 0 Å². The van der Waals surface area contributed by atoms with Gasteiger partial charge in [0.05, 0.1) is 0 Å². The summed E-state index contributed by atoms with van der Waals surface area (Å²) in [6.45, 7) is 5.19. The third-order valence-electron chi connectivity index (χ3n) is 2.12. The molecular weight excluding hydrogens is 306 g/mol. The molecule has 2 saturated heterocycles. The number of thioether (sulfide) groups is 1. The molecule has 2 fully saturated rings. The molecule has 0 aromatic heterocycles. The fraction of sp³-hybridized carbons (Fsp3) is 0.857. The van der Waals surface area contributed by atoms with E-state index in [1.54, 1.807) is 0 Å². The molecule has 0 unspecified atom stereocenters. The first-order valence-electron chi connectivity index (χ1n) is 3.71. The van der Waals surface area contributed by atoms with Gasteiger partial charge < -0.3 is 4.90 Å². The van der Waals surface area contributed by atoms with E-state index in [1.807, 2.05) is 16.7 Å². The van der Waals surface area contributed by atoms with Crippen molar-refractivity contribution in [2.24, 2.45) is 0 Å². The smallest absolute Gasteiger partial charge is 0.254 e. The maximum atomic E-state index is 11.5. The number of fused-ring (bicyclic) bond motifs is 1. The lowest BCUT2D eigenvalue weighted by atomic mass is 10.1. The van der Waals surface area contributed by atoms with Crippen LogP contribution in [0.25, 0.3) is 0 Å². The Balaban J connectivity index is 2.23. The second-order valence-corrected chi connectivity index (χ2v) is 9.14. The van der Waals surface area contributed by atoms with Crippen molar-refractivity contribution in [3.05, 3.63) is 0 Å². The fourth-order valence-corrected chi connectivity index (χ4v) is 4.45. The predicted octanol–water partition coefficient (Wildman–Crippen LogP) is 2.17. The lowest BCUT2D eigenvalue weighted by Crippen LogP contribution is -2.63. The quantitative estimate of drug-likeness (QED) is 0.504. The number of amides is 1. The van der Waals surface area contributed by atoms with E-state index >= 15 is 0 Å². The van der Waals surface area contributed by atoms with Crippen LogP contribution < -0.4 is 0 Å². The van der Waals surface area contributed by atoms with Crippen molar-refractivity contribution < 1.29 is 4.79 Å². The van der Waals surface area contributed by atoms with Crippen LogP contribution >= 0.6 is 43.6 Å². The van der Waals surface area contributed by atoms with Gasteiger partial charge in [-0.25, -0.2) is 0 Å². The summed E-state index contributed by atoms with van der Waals surface area (Å²) < 4.78 is -0.290. The predicted molar refractivity (Wildman–Crippen MR) is 57.8 cm³/mol. The SMILES string of the molecule is CC1(C)CN2C(=O)C(Br)(Br)[C@H]2S1. The van der Waals surface area contributed by atoms with Crippen LogP contribution in [0.5, 0.6) is 0 Å². The summed E-state index contributed by atoms with van der Waals surface area (Å²) in [4.78, 5) is 13.4. The van der Waals surface area contributed by atoms with Gasteiger partial charge in [-0.3, -0.25) is 4.79 Å². The number of halogens is 2. The molecule has 2 rings (SSSR count). The molecule has 1 atom stereocenters. The molecule has 2 aliphatic heterocycles. The minimum absolute atomic E-state index is 0.158. The van der Waals surface area contributed by atoms with E-state index in [0.717, 1.165) is 6.54 Å². The van der Waals surface area contributed by atoms with E-state index in [2.05, 4.69) is 45.7 Å². The molecule has 12 heavy (non-hydrogen) atoms. The van der Waals surface area contributed by atoms with Gasteiger partial charge in [0.25, 0.3) is 5.91 Å². The highest BCUT2D eigenvalue weighted by Crippen LogP contribution is 2.57. The largest absolute Gasteiger partial charge is 0.324 e. The van der Waals surface area contributed by atoms with Gasteiger partial charge in [-0.05, 0) is 13.8 Å². The van der Waals surface area contributed by atoms with Gasteiger partial charge in [-0.2, -0.15) is 0 Å². The zero-order chi connectivity index (χ0) is 9.15. The first-order chi connectivity index (χ1) is 5.34. The van der Waals surface area contributed by atoms with Crippen molar-refractivity contribution in [3.8, 4) is 0 Å². The van der Waals surface area contributed by atoms with Gasteiger partial charge in [-0.1, -0.05) is 31.9 Å². The second kappa shape index (κ2) is 2.42. The highest BCUT2D eigenvalue weighted by molar-refractivity contribution is 9.26. The average Bonchev–Trinajstić information content (AvgIpc) is 2.24. The number of β-lactam (4-membered cyclic amide) rings is 1. The molecular formula is C7H9Br2NOS. The Labute approximate surface area is 92.7 Å². The standard InChI is InChI=1S/C7H9Br2NOS/c1-6(2)3-10-4(11)7(8,9)5(10)12-6/h5H,3H2,1-2H3/t5-/m1/s1. The number of hydrogen-bond donors (Lipinski definition) is 0. The van der Waals surface area contributed by atoms with Crippen LogP contribution in [0, 0.1) is 0 Å². The summed E-state index contributed by atoms with van der Waals surface area (Å²) in [7, 11) is 0. The molecule has 2 aliphatic rings. The molecule has 0 saturated carbocycles. The molecule has 68 valence electrons. The van der Waals surface area contributed by atoms with E-state index in [4.69, 9.17) is 0 Å². The molecule has 2 nitrogen and oxygen atoms in total. The van der Waals surface area contributed by atoms with E-state index in [-0.39, 0.29) is 16.0 Å². The van der Waals surface area contributed by atoms with Crippen LogP contribution in [-0.2, 0) is 4.79 Å². The first kappa shape index (κ1) is 9.34. The van der Waals surface area contributed by atoms with Crippen molar-refractivity contribution in [3.63, 3.8) is 0 Å². The van der Waals surface area contributed by atoms with Crippen molar-refractivity contribution in [1.29, 1.82) is 0 Å². The number of nitrogens with zero attached hydrogens (tertiary/aromatic N) is 1. The van der Waals surface area contributed by atoms with Crippen LogP contribution in [-0.4, -0.2) is 30.7 Å². The van der Waals surface area contributed by atoms with Gasteiger partial charge in [-0.15, -0.1) is 11.8 Å². The summed E-state index contributed by atoms with van der Waals surface area (Å²) in [6, 6.07) is 0. The Kier molecular flexibility index (Phi) is 1.88. The summed E-state index contributed by atoms with van der Waals surface area (Å²) in [5.41, 5.74) is 0. The highest BCUT2D eigenvalue weighted by Gasteiger charge is 2.63. The van der Waals surface area contributed by atoms with E-state index in [9.17, 15) is 4.79 Å². The molecule has 0 aromatic carbocycles. The molecule has 1 amide bonds. The summed E-state index contributed by atoms with van der Waals surface area (Å²) in [5, 5.41) is 0.264. The Morgan fingerprint density at radius 1 is 1.58 bits per heavy atom. The third kappa shape index (κ3) is 1.09. The number of carbonyl (C=O) groups excluding carboxylic acids is 1. The number of rotatable bonds is 0. The molecule has 0 bridgehead atoms. The zero-order valence-corrected chi connectivity index (χ0v) is 10.8. The number of hydrogen-bond acceptors (Lipinski definition) is 2. The zero-order valence-electron chi connectivity index (χ0n) is 6.80. The monoisotopic (exact) mass is 313 g/mol. The minimum atomic E-state index is -0.488. The van der Waals surface area contributed by atoms with Crippen molar-refractivity contribution in [2.45, 2.75) is 27.2 Å². The van der Waals surface area contributed by atoms with Crippen LogP contribution in [0.15, 0.2) is 0 Å². The molecule has 2 heterocycles. The van der Waals surface area contributed by atoms with Crippen LogP contribution in [0.4, 0.5) is 0 Å². The molecule has 0 N–H and O–H groups in total.